The number of hydrogen-bond acceptors (Lipinski definition) is 7. The van der Waals surface area contributed by atoms with Gasteiger partial charge < -0.3 is 0 Å². The molecule has 1 aromatic carbocycles. The fourth-order valence-corrected chi connectivity index (χ4v) is 5.71. The SMILES string of the molecule is Cc1cc([C@@H]2CONC(c3c(Sc4cccc(Cl)c4Cl)nnc(C)c3C)=N2)c(C)s1. The minimum atomic E-state index is -0.0771. The summed E-state index contributed by atoms with van der Waals surface area (Å²) < 4.78 is 0. The second kappa shape index (κ2) is 8.85. The zero-order valence-corrected chi connectivity index (χ0v) is 20.1. The number of aryl methyl sites for hydroxylation is 3. The molecule has 0 radical (unpaired) electrons. The van der Waals surface area contributed by atoms with Gasteiger partial charge in [0, 0.05) is 14.6 Å². The molecular weight excluding hydrogens is 459 g/mol. The molecule has 0 saturated heterocycles. The van der Waals surface area contributed by atoms with Crippen molar-refractivity contribution in [2.24, 2.45) is 4.99 Å². The standard InChI is InChI=1S/C21H20Cl2N4OS2/c1-10-8-14(13(4)29-10)16-9-28-27-20(24-16)18-11(2)12(3)25-26-21(18)30-17-7-5-6-15(22)19(17)23/h5-8,16H,9H2,1-4H3,(H,24,27)/t16-/m0/s1. The Kier molecular flexibility index (Phi) is 6.36. The van der Waals surface area contributed by atoms with Crippen molar-refractivity contribution in [3.8, 4) is 0 Å². The summed E-state index contributed by atoms with van der Waals surface area (Å²) in [5.74, 6) is 0.644. The smallest absolute Gasteiger partial charge is 0.156 e. The van der Waals surface area contributed by atoms with Crippen LogP contribution in [0.5, 0.6) is 0 Å². The van der Waals surface area contributed by atoms with Gasteiger partial charge in [0.25, 0.3) is 0 Å². The summed E-state index contributed by atoms with van der Waals surface area (Å²) in [6.45, 7) is 8.64. The molecule has 2 aromatic heterocycles. The van der Waals surface area contributed by atoms with Crippen LogP contribution in [0.2, 0.25) is 10.0 Å². The second-order valence-corrected chi connectivity index (χ2v) is 10.3. The zero-order valence-electron chi connectivity index (χ0n) is 16.9. The Morgan fingerprint density at radius 2 is 1.97 bits per heavy atom. The molecule has 9 heteroatoms. The lowest BCUT2D eigenvalue weighted by molar-refractivity contribution is 0.0620. The van der Waals surface area contributed by atoms with Crippen molar-refractivity contribution in [3.63, 3.8) is 0 Å². The maximum atomic E-state index is 6.40. The number of rotatable bonds is 4. The number of nitrogens with zero attached hydrogens (tertiary/aromatic N) is 3. The molecular formula is C21H20Cl2N4OS2. The highest BCUT2D eigenvalue weighted by Crippen LogP contribution is 2.39. The first kappa shape index (κ1) is 21.6. The Bertz CT molecular complexity index is 1150. The largest absolute Gasteiger partial charge is 0.272 e. The third kappa shape index (κ3) is 4.22. The van der Waals surface area contributed by atoms with E-state index in [0.717, 1.165) is 21.7 Å². The number of hydrogen-bond donors (Lipinski definition) is 1. The van der Waals surface area contributed by atoms with E-state index in [9.17, 15) is 0 Å². The Balaban J connectivity index is 1.78. The van der Waals surface area contributed by atoms with Crippen LogP contribution in [-0.2, 0) is 4.84 Å². The molecule has 0 bridgehead atoms. The third-order valence-corrected chi connectivity index (χ3v) is 7.87. The van der Waals surface area contributed by atoms with Gasteiger partial charge in [0.1, 0.15) is 17.7 Å². The van der Waals surface area contributed by atoms with Crippen molar-refractivity contribution < 1.29 is 4.84 Å². The number of aromatic nitrogens is 2. The number of aliphatic imine (C=N–C) groups is 1. The molecule has 0 amide bonds. The number of benzene rings is 1. The van der Waals surface area contributed by atoms with Crippen LogP contribution in [0.4, 0.5) is 0 Å². The average molecular weight is 479 g/mol. The molecule has 1 atom stereocenters. The van der Waals surface area contributed by atoms with E-state index >= 15 is 0 Å². The molecule has 1 N–H and O–H groups in total. The zero-order chi connectivity index (χ0) is 21.4. The number of hydroxylamine groups is 1. The van der Waals surface area contributed by atoms with Gasteiger partial charge in [0.2, 0.25) is 0 Å². The van der Waals surface area contributed by atoms with Crippen LogP contribution in [0, 0.1) is 27.7 Å². The third-order valence-electron chi connectivity index (χ3n) is 4.92. The predicted octanol–water partition coefficient (Wildman–Crippen LogP) is 6.25. The van der Waals surface area contributed by atoms with Crippen LogP contribution in [-0.4, -0.2) is 22.6 Å². The fraction of sp³-hybridized carbons (Fsp3) is 0.286. The van der Waals surface area contributed by atoms with Crippen molar-refractivity contribution in [3.05, 3.63) is 66.4 Å². The molecule has 3 aromatic rings. The Morgan fingerprint density at radius 3 is 2.70 bits per heavy atom. The first-order chi connectivity index (χ1) is 14.3. The topological polar surface area (TPSA) is 59.4 Å². The first-order valence-corrected chi connectivity index (χ1v) is 11.7. The monoisotopic (exact) mass is 478 g/mol. The van der Waals surface area contributed by atoms with Crippen LogP contribution in [0.25, 0.3) is 0 Å². The van der Waals surface area contributed by atoms with E-state index in [0.29, 0.717) is 27.5 Å². The molecule has 30 heavy (non-hydrogen) atoms. The number of amidine groups is 1. The Labute approximate surface area is 193 Å². The van der Waals surface area contributed by atoms with Crippen LogP contribution in [0.15, 0.2) is 39.2 Å². The van der Waals surface area contributed by atoms with Gasteiger partial charge in [-0.05, 0) is 57.0 Å². The lowest BCUT2D eigenvalue weighted by Gasteiger charge is -2.24. The van der Waals surface area contributed by atoms with E-state index in [1.54, 1.807) is 17.4 Å². The molecule has 0 aliphatic carbocycles. The normalized spacial score (nSPS) is 16.3. The number of halogens is 2. The second-order valence-electron chi connectivity index (χ2n) is 7.02. The molecule has 156 valence electrons. The van der Waals surface area contributed by atoms with E-state index in [2.05, 4.69) is 35.6 Å². The maximum Gasteiger partial charge on any atom is 0.156 e. The van der Waals surface area contributed by atoms with Crippen molar-refractivity contribution in [2.75, 3.05) is 6.61 Å². The maximum absolute atomic E-state index is 6.40. The van der Waals surface area contributed by atoms with Gasteiger partial charge in [-0.25, -0.2) is 5.48 Å². The molecule has 3 heterocycles. The molecule has 4 rings (SSSR count). The molecule has 0 unspecified atom stereocenters. The van der Waals surface area contributed by atoms with Gasteiger partial charge >= 0.3 is 0 Å². The van der Waals surface area contributed by atoms with Gasteiger partial charge in [-0.2, -0.15) is 5.10 Å². The van der Waals surface area contributed by atoms with Crippen molar-refractivity contribution >= 4 is 52.1 Å². The molecule has 0 saturated carbocycles. The van der Waals surface area contributed by atoms with Gasteiger partial charge in [-0.15, -0.1) is 16.4 Å². The van der Waals surface area contributed by atoms with E-state index in [4.69, 9.17) is 33.0 Å². The van der Waals surface area contributed by atoms with E-state index in [1.807, 2.05) is 26.0 Å². The molecule has 0 spiro atoms. The summed E-state index contributed by atoms with van der Waals surface area (Å²) in [6, 6.07) is 7.64. The van der Waals surface area contributed by atoms with Gasteiger partial charge in [0.05, 0.1) is 21.3 Å². The summed E-state index contributed by atoms with van der Waals surface area (Å²) in [7, 11) is 0. The minimum absolute atomic E-state index is 0.0771. The van der Waals surface area contributed by atoms with Gasteiger partial charge in [0.15, 0.2) is 5.84 Å². The molecule has 1 aliphatic rings. The van der Waals surface area contributed by atoms with E-state index in [-0.39, 0.29) is 6.04 Å². The first-order valence-electron chi connectivity index (χ1n) is 9.33. The van der Waals surface area contributed by atoms with E-state index in [1.165, 1.54) is 27.1 Å². The quantitative estimate of drug-likeness (QED) is 0.479. The average Bonchev–Trinajstić information content (AvgIpc) is 3.06. The highest BCUT2D eigenvalue weighted by molar-refractivity contribution is 7.99. The van der Waals surface area contributed by atoms with Crippen LogP contribution >= 0.6 is 46.3 Å². The number of nitrogens with one attached hydrogen (secondary N) is 1. The van der Waals surface area contributed by atoms with Crippen molar-refractivity contribution in [2.45, 2.75) is 43.7 Å². The van der Waals surface area contributed by atoms with Gasteiger partial charge in [-0.1, -0.05) is 41.0 Å². The number of thiophene rings is 1. The summed E-state index contributed by atoms with van der Waals surface area (Å²) in [5.41, 5.74) is 6.87. The summed E-state index contributed by atoms with van der Waals surface area (Å²) in [4.78, 5) is 14.0. The lowest BCUT2D eigenvalue weighted by Crippen LogP contribution is -2.34. The molecule has 0 fully saturated rings. The Morgan fingerprint density at radius 1 is 1.17 bits per heavy atom. The lowest BCUT2D eigenvalue weighted by atomic mass is 10.1. The van der Waals surface area contributed by atoms with Crippen molar-refractivity contribution in [1.82, 2.24) is 15.7 Å². The van der Waals surface area contributed by atoms with Crippen molar-refractivity contribution in [1.29, 1.82) is 0 Å². The summed E-state index contributed by atoms with van der Waals surface area (Å²) in [5, 5.41) is 10.4. The minimum Gasteiger partial charge on any atom is -0.272 e. The van der Waals surface area contributed by atoms with Crippen LogP contribution in [0.1, 0.15) is 38.2 Å². The predicted molar refractivity (Wildman–Crippen MR) is 124 cm³/mol. The summed E-state index contributed by atoms with van der Waals surface area (Å²) >= 11 is 15.8. The molecule has 5 nitrogen and oxygen atoms in total. The Hall–Kier alpha value is -1.64. The highest BCUT2D eigenvalue weighted by Gasteiger charge is 2.26. The summed E-state index contributed by atoms with van der Waals surface area (Å²) in [6.07, 6.45) is 0. The van der Waals surface area contributed by atoms with Crippen LogP contribution < -0.4 is 5.48 Å². The van der Waals surface area contributed by atoms with E-state index < -0.39 is 0 Å². The highest BCUT2D eigenvalue weighted by atomic mass is 35.5. The molecule has 1 aliphatic heterocycles. The fourth-order valence-electron chi connectivity index (χ4n) is 3.27. The van der Waals surface area contributed by atoms with Crippen LogP contribution in [0.3, 0.4) is 0 Å². The van der Waals surface area contributed by atoms with Gasteiger partial charge in [-0.3, -0.25) is 9.83 Å².